The Morgan fingerprint density at radius 2 is 2.54 bits per heavy atom. The zero-order chi connectivity index (χ0) is 9.10. The van der Waals surface area contributed by atoms with Gasteiger partial charge in [-0.1, -0.05) is 0 Å². The maximum absolute atomic E-state index is 4.20. The van der Waals surface area contributed by atoms with Gasteiger partial charge in [0.1, 0.15) is 0 Å². The summed E-state index contributed by atoms with van der Waals surface area (Å²) in [4.78, 5) is 7.25. The Labute approximate surface area is 80.8 Å². The van der Waals surface area contributed by atoms with Crippen LogP contribution in [0.25, 0.3) is 0 Å². The van der Waals surface area contributed by atoms with Gasteiger partial charge in [0.2, 0.25) is 0 Å². The third kappa shape index (κ3) is 1.89. The number of H-pyrrole nitrogens is 1. The Morgan fingerprint density at radius 1 is 1.62 bits per heavy atom. The van der Waals surface area contributed by atoms with E-state index in [0.29, 0.717) is 0 Å². The molecule has 0 saturated carbocycles. The van der Waals surface area contributed by atoms with Crippen molar-refractivity contribution >= 4 is 17.0 Å². The second-order valence-corrected chi connectivity index (χ2v) is 3.62. The van der Waals surface area contributed by atoms with E-state index < -0.39 is 0 Å². The summed E-state index contributed by atoms with van der Waals surface area (Å²) in [5, 5.41) is 7.44. The Morgan fingerprint density at radius 3 is 3.15 bits per heavy atom. The molecular formula is C9H11N3S. The molecule has 0 saturated heterocycles. The average molecular weight is 193 g/mol. The van der Waals surface area contributed by atoms with E-state index in [1.54, 1.807) is 17.7 Å². The Kier molecular flexibility index (Phi) is 2.31. The van der Waals surface area contributed by atoms with Crippen LogP contribution in [-0.2, 0) is 6.54 Å². The highest BCUT2D eigenvalue weighted by Gasteiger charge is 1.99. The number of aromatic nitrogens is 2. The van der Waals surface area contributed by atoms with Gasteiger partial charge in [0.15, 0.2) is 0 Å². The quantitative estimate of drug-likeness (QED) is 0.785. The fourth-order valence-corrected chi connectivity index (χ4v) is 1.73. The molecule has 0 atom stereocenters. The first kappa shape index (κ1) is 8.31. The third-order valence-electron chi connectivity index (χ3n) is 1.92. The van der Waals surface area contributed by atoms with Gasteiger partial charge in [-0.2, -0.15) is 11.3 Å². The number of rotatable bonds is 3. The monoisotopic (exact) mass is 193 g/mol. The topological polar surface area (TPSA) is 40.7 Å². The lowest BCUT2D eigenvalue weighted by atomic mass is 10.3. The summed E-state index contributed by atoms with van der Waals surface area (Å²) in [6.45, 7) is 2.81. The first-order chi connectivity index (χ1) is 6.36. The number of hydrogen-bond donors (Lipinski definition) is 2. The highest BCUT2D eigenvalue weighted by molar-refractivity contribution is 7.08. The predicted octanol–water partition coefficient (Wildman–Crippen LogP) is 2.39. The first-order valence-electron chi connectivity index (χ1n) is 4.11. The average Bonchev–Trinajstić information content (AvgIpc) is 2.72. The van der Waals surface area contributed by atoms with Gasteiger partial charge in [-0.3, -0.25) is 0 Å². The van der Waals surface area contributed by atoms with Crippen molar-refractivity contribution in [2.75, 3.05) is 5.32 Å². The van der Waals surface area contributed by atoms with E-state index in [0.717, 1.165) is 23.6 Å². The zero-order valence-corrected chi connectivity index (χ0v) is 8.19. The summed E-state index contributed by atoms with van der Waals surface area (Å²) < 4.78 is 0. The Bertz CT molecular complexity index is 364. The fraction of sp³-hybridized carbons (Fsp3) is 0.222. The van der Waals surface area contributed by atoms with Gasteiger partial charge in [0, 0.05) is 16.8 Å². The van der Waals surface area contributed by atoms with E-state index >= 15 is 0 Å². The van der Waals surface area contributed by atoms with Crippen LogP contribution >= 0.6 is 11.3 Å². The second kappa shape index (κ2) is 3.62. The van der Waals surface area contributed by atoms with Crippen molar-refractivity contribution in [1.29, 1.82) is 0 Å². The minimum absolute atomic E-state index is 0.784. The number of aromatic amines is 1. The van der Waals surface area contributed by atoms with Gasteiger partial charge >= 0.3 is 0 Å². The number of nitrogens with one attached hydrogen (secondary N) is 2. The van der Waals surface area contributed by atoms with Crippen LogP contribution in [0.1, 0.15) is 11.4 Å². The van der Waals surface area contributed by atoms with E-state index in [4.69, 9.17) is 0 Å². The molecule has 3 nitrogen and oxygen atoms in total. The molecule has 0 aliphatic rings. The molecule has 0 aliphatic carbocycles. The second-order valence-electron chi connectivity index (χ2n) is 2.84. The van der Waals surface area contributed by atoms with E-state index in [1.807, 2.05) is 6.92 Å². The number of hydrogen-bond acceptors (Lipinski definition) is 3. The van der Waals surface area contributed by atoms with Crippen LogP contribution < -0.4 is 5.32 Å². The van der Waals surface area contributed by atoms with E-state index in [9.17, 15) is 0 Å². The molecule has 2 heterocycles. The number of thiophene rings is 1. The molecule has 0 unspecified atom stereocenters. The van der Waals surface area contributed by atoms with Gasteiger partial charge in [-0.25, -0.2) is 4.98 Å². The van der Waals surface area contributed by atoms with E-state index in [1.165, 1.54) is 0 Å². The molecule has 0 spiro atoms. The molecule has 0 aromatic carbocycles. The van der Waals surface area contributed by atoms with Crippen LogP contribution in [-0.4, -0.2) is 9.97 Å². The lowest BCUT2D eigenvalue weighted by Gasteiger charge is -2.01. The standard InChI is InChI=1S/C9H11N3S/c1-7-9(12-6-11-7)4-10-8-2-3-13-5-8/h2-3,5-6,10H,4H2,1H3,(H,11,12). The SMILES string of the molecule is Cc1[nH]cnc1CNc1ccsc1. The maximum atomic E-state index is 4.20. The van der Waals surface area contributed by atoms with Crippen LogP contribution in [0.15, 0.2) is 23.2 Å². The van der Waals surface area contributed by atoms with Crippen LogP contribution in [0.5, 0.6) is 0 Å². The van der Waals surface area contributed by atoms with Crippen molar-refractivity contribution in [3.05, 3.63) is 34.5 Å². The van der Waals surface area contributed by atoms with E-state index in [2.05, 4.69) is 32.1 Å². The smallest absolute Gasteiger partial charge is 0.0925 e. The molecule has 0 aliphatic heterocycles. The molecule has 4 heteroatoms. The van der Waals surface area contributed by atoms with Gasteiger partial charge in [0.05, 0.1) is 18.6 Å². The van der Waals surface area contributed by atoms with Gasteiger partial charge in [-0.15, -0.1) is 0 Å². The highest BCUT2D eigenvalue weighted by Crippen LogP contribution is 2.13. The molecule has 0 fully saturated rings. The summed E-state index contributed by atoms with van der Waals surface area (Å²) in [5.74, 6) is 0. The third-order valence-corrected chi connectivity index (χ3v) is 2.60. The summed E-state index contributed by atoms with van der Waals surface area (Å²) in [7, 11) is 0. The molecule has 13 heavy (non-hydrogen) atoms. The minimum Gasteiger partial charge on any atom is -0.379 e. The van der Waals surface area contributed by atoms with Crippen molar-refractivity contribution in [2.24, 2.45) is 0 Å². The van der Waals surface area contributed by atoms with Crippen molar-refractivity contribution < 1.29 is 0 Å². The maximum Gasteiger partial charge on any atom is 0.0925 e. The molecule has 2 aromatic rings. The van der Waals surface area contributed by atoms with Crippen LogP contribution in [0.3, 0.4) is 0 Å². The van der Waals surface area contributed by atoms with Crippen molar-refractivity contribution in [3.63, 3.8) is 0 Å². The van der Waals surface area contributed by atoms with Crippen LogP contribution in [0.4, 0.5) is 5.69 Å². The summed E-state index contributed by atoms with van der Waals surface area (Å²) in [5.41, 5.74) is 3.36. The number of nitrogens with zero attached hydrogens (tertiary/aromatic N) is 1. The van der Waals surface area contributed by atoms with Crippen LogP contribution in [0.2, 0.25) is 0 Å². The van der Waals surface area contributed by atoms with Gasteiger partial charge in [-0.05, 0) is 18.4 Å². The largest absolute Gasteiger partial charge is 0.379 e. The lowest BCUT2D eigenvalue weighted by Crippen LogP contribution is -1.99. The number of aryl methyl sites for hydroxylation is 1. The molecule has 0 amide bonds. The summed E-state index contributed by atoms with van der Waals surface area (Å²) >= 11 is 1.69. The molecular weight excluding hydrogens is 182 g/mol. The molecule has 0 bridgehead atoms. The lowest BCUT2D eigenvalue weighted by molar-refractivity contribution is 1.05. The molecule has 2 N–H and O–H groups in total. The van der Waals surface area contributed by atoms with E-state index in [-0.39, 0.29) is 0 Å². The van der Waals surface area contributed by atoms with Crippen LogP contribution in [0, 0.1) is 6.92 Å². The van der Waals surface area contributed by atoms with Crippen molar-refractivity contribution in [2.45, 2.75) is 13.5 Å². The number of imidazole rings is 1. The first-order valence-corrected chi connectivity index (χ1v) is 5.05. The minimum atomic E-state index is 0.784. The zero-order valence-electron chi connectivity index (χ0n) is 7.37. The Hall–Kier alpha value is -1.29. The number of anilines is 1. The molecule has 2 rings (SSSR count). The Balaban J connectivity index is 1.97. The van der Waals surface area contributed by atoms with Crippen molar-refractivity contribution in [3.8, 4) is 0 Å². The summed E-state index contributed by atoms with van der Waals surface area (Å²) in [6, 6.07) is 2.06. The summed E-state index contributed by atoms with van der Waals surface area (Å²) in [6.07, 6.45) is 1.72. The highest BCUT2D eigenvalue weighted by atomic mass is 32.1. The van der Waals surface area contributed by atoms with Gasteiger partial charge < -0.3 is 10.3 Å². The molecule has 2 aromatic heterocycles. The fourth-order valence-electron chi connectivity index (χ4n) is 1.12. The van der Waals surface area contributed by atoms with Gasteiger partial charge in [0.25, 0.3) is 0 Å². The normalized spacial score (nSPS) is 10.2. The predicted molar refractivity (Wildman–Crippen MR) is 55.0 cm³/mol. The molecule has 0 radical (unpaired) electrons. The van der Waals surface area contributed by atoms with Crippen molar-refractivity contribution in [1.82, 2.24) is 9.97 Å². The molecule has 68 valence electrons.